The fraction of sp³-hybridized carbons (Fsp3) is 0.700. The molecular weight excluding hydrogens is 218 g/mol. The predicted octanol–water partition coefficient (Wildman–Crippen LogP) is 2.85. The van der Waals surface area contributed by atoms with Crippen LogP contribution in [-0.4, -0.2) is 10.9 Å². The van der Waals surface area contributed by atoms with Crippen LogP contribution in [0.3, 0.4) is 0 Å². The van der Waals surface area contributed by atoms with Crippen LogP contribution in [0.2, 0.25) is 0 Å². The molecule has 0 atom stereocenters. The molecule has 2 rings (SSSR count). The van der Waals surface area contributed by atoms with Crippen molar-refractivity contribution < 1.29 is 8.78 Å². The van der Waals surface area contributed by atoms with Crippen LogP contribution in [0.5, 0.6) is 0 Å². The Labute approximate surface area is 91.5 Å². The fourth-order valence-corrected chi connectivity index (χ4v) is 2.78. The molecule has 1 heterocycles. The van der Waals surface area contributed by atoms with Gasteiger partial charge in [0.25, 0.3) is 5.92 Å². The van der Waals surface area contributed by atoms with Gasteiger partial charge in [-0.05, 0) is 0 Å². The molecule has 0 spiro atoms. The normalized spacial score (nSPS) is 22.8. The molecule has 0 bridgehead atoms. The van der Waals surface area contributed by atoms with Gasteiger partial charge in [-0.15, -0.1) is 11.3 Å². The first-order valence-electron chi connectivity index (χ1n) is 4.95. The number of nitrogens with zero attached hydrogens (tertiary/aromatic N) is 1. The zero-order valence-electron chi connectivity index (χ0n) is 8.76. The number of rotatable bonds is 2. The zero-order valence-corrected chi connectivity index (χ0v) is 9.57. The minimum atomic E-state index is -2.60. The van der Waals surface area contributed by atoms with Crippen LogP contribution in [0.1, 0.15) is 43.3 Å². The Hall–Kier alpha value is -0.550. The highest BCUT2D eigenvalue weighted by atomic mass is 32.1. The molecule has 2 N–H and O–H groups in total. The summed E-state index contributed by atoms with van der Waals surface area (Å²) in [6.45, 7) is 4.06. The molecule has 0 aliphatic heterocycles. The van der Waals surface area contributed by atoms with Crippen LogP contribution < -0.4 is 5.73 Å². The Morgan fingerprint density at radius 1 is 1.47 bits per heavy atom. The van der Waals surface area contributed by atoms with Gasteiger partial charge >= 0.3 is 0 Å². The molecule has 84 valence electrons. The van der Waals surface area contributed by atoms with E-state index in [1.165, 1.54) is 11.3 Å². The predicted molar refractivity (Wildman–Crippen MR) is 56.2 cm³/mol. The Morgan fingerprint density at radius 2 is 2.07 bits per heavy atom. The Bertz CT molecular complexity index is 365. The molecule has 1 aliphatic carbocycles. The second kappa shape index (κ2) is 3.22. The summed E-state index contributed by atoms with van der Waals surface area (Å²) in [5, 5.41) is 2.77. The lowest BCUT2D eigenvalue weighted by Gasteiger charge is -2.43. The average molecular weight is 232 g/mol. The smallest absolute Gasteiger partial charge is 0.252 e. The number of nitrogens with two attached hydrogens (primary N) is 1. The number of hydrogen-bond donors (Lipinski definition) is 1. The van der Waals surface area contributed by atoms with Crippen LogP contribution >= 0.6 is 11.3 Å². The lowest BCUT2D eigenvalue weighted by atomic mass is 9.72. The molecule has 1 aromatic heterocycles. The summed E-state index contributed by atoms with van der Waals surface area (Å²) in [5.74, 6) is -2.27. The summed E-state index contributed by atoms with van der Waals surface area (Å²) in [4.78, 5) is 4.33. The van der Waals surface area contributed by atoms with E-state index in [0.717, 1.165) is 5.01 Å². The highest BCUT2D eigenvalue weighted by Gasteiger charge is 2.56. The van der Waals surface area contributed by atoms with Crippen molar-refractivity contribution in [3.05, 3.63) is 16.1 Å². The summed E-state index contributed by atoms with van der Waals surface area (Å²) < 4.78 is 25.6. The molecule has 0 aromatic carbocycles. The van der Waals surface area contributed by atoms with Crippen molar-refractivity contribution in [3.63, 3.8) is 0 Å². The van der Waals surface area contributed by atoms with Gasteiger partial charge in [-0.25, -0.2) is 13.8 Å². The van der Waals surface area contributed by atoms with Crippen molar-refractivity contribution in [3.8, 4) is 0 Å². The maximum Gasteiger partial charge on any atom is 0.252 e. The third-order valence-corrected chi connectivity index (χ3v) is 3.82. The summed E-state index contributed by atoms with van der Waals surface area (Å²) in [6, 6.07) is 0. The molecule has 1 aliphatic rings. The third kappa shape index (κ3) is 1.90. The van der Waals surface area contributed by atoms with Gasteiger partial charge < -0.3 is 5.73 Å². The van der Waals surface area contributed by atoms with Gasteiger partial charge in [-0.2, -0.15) is 0 Å². The van der Waals surface area contributed by atoms with Crippen LogP contribution in [0.25, 0.3) is 0 Å². The third-order valence-electron chi connectivity index (χ3n) is 2.67. The standard InChI is InChI=1S/C10H14F2N2S/c1-6(2)8-14-7(3-15-8)9(13)4-10(11,12)5-9/h3,6H,4-5,13H2,1-2H3. The van der Waals surface area contributed by atoms with E-state index >= 15 is 0 Å². The highest BCUT2D eigenvalue weighted by molar-refractivity contribution is 7.09. The number of aromatic nitrogens is 1. The molecule has 0 amide bonds. The molecule has 1 fully saturated rings. The van der Waals surface area contributed by atoms with E-state index < -0.39 is 11.5 Å². The van der Waals surface area contributed by atoms with Crippen molar-refractivity contribution in [1.82, 2.24) is 4.98 Å². The molecule has 1 aromatic rings. The van der Waals surface area contributed by atoms with Crippen LogP contribution in [0, 0.1) is 0 Å². The largest absolute Gasteiger partial charge is 0.320 e. The Kier molecular flexibility index (Phi) is 2.35. The first-order valence-corrected chi connectivity index (χ1v) is 5.83. The van der Waals surface area contributed by atoms with Gasteiger partial charge in [0.2, 0.25) is 0 Å². The van der Waals surface area contributed by atoms with Crippen LogP contribution in [-0.2, 0) is 5.54 Å². The molecule has 0 saturated heterocycles. The molecule has 1 saturated carbocycles. The molecule has 0 unspecified atom stereocenters. The van der Waals surface area contributed by atoms with E-state index in [2.05, 4.69) is 4.98 Å². The summed E-state index contributed by atoms with van der Waals surface area (Å²) in [7, 11) is 0. The lowest BCUT2D eigenvalue weighted by Crippen LogP contribution is -2.55. The molecule has 2 nitrogen and oxygen atoms in total. The molecular formula is C10H14F2N2S. The van der Waals surface area contributed by atoms with E-state index in [4.69, 9.17) is 5.73 Å². The first kappa shape index (κ1) is 11.0. The monoisotopic (exact) mass is 232 g/mol. The van der Waals surface area contributed by atoms with E-state index in [1.54, 1.807) is 0 Å². The van der Waals surface area contributed by atoms with Crippen molar-refractivity contribution in [1.29, 1.82) is 0 Å². The first-order chi connectivity index (χ1) is 6.82. The molecule has 15 heavy (non-hydrogen) atoms. The van der Waals surface area contributed by atoms with Gasteiger partial charge in [0.05, 0.1) is 16.2 Å². The fourth-order valence-electron chi connectivity index (χ4n) is 1.83. The van der Waals surface area contributed by atoms with Gasteiger partial charge in [0.15, 0.2) is 0 Å². The maximum atomic E-state index is 12.8. The van der Waals surface area contributed by atoms with E-state index in [1.807, 2.05) is 19.2 Å². The van der Waals surface area contributed by atoms with Crippen LogP contribution in [0.4, 0.5) is 8.78 Å². The van der Waals surface area contributed by atoms with Crippen molar-refractivity contribution in [2.45, 2.75) is 44.1 Å². The van der Waals surface area contributed by atoms with Gasteiger partial charge in [0, 0.05) is 24.1 Å². The Balaban J connectivity index is 2.17. The second-order valence-electron chi connectivity index (χ2n) is 4.59. The van der Waals surface area contributed by atoms with E-state index in [0.29, 0.717) is 11.6 Å². The number of hydrogen-bond acceptors (Lipinski definition) is 3. The van der Waals surface area contributed by atoms with Gasteiger partial charge in [-0.1, -0.05) is 13.8 Å². The SMILES string of the molecule is CC(C)c1nc(C2(N)CC(F)(F)C2)cs1. The minimum absolute atomic E-state index is 0.277. The van der Waals surface area contributed by atoms with Crippen LogP contribution in [0.15, 0.2) is 5.38 Å². The summed E-state index contributed by atoms with van der Waals surface area (Å²) in [6.07, 6.45) is -0.553. The van der Waals surface area contributed by atoms with Crippen molar-refractivity contribution in [2.24, 2.45) is 5.73 Å². The summed E-state index contributed by atoms with van der Waals surface area (Å²) in [5.41, 5.74) is 5.61. The van der Waals surface area contributed by atoms with Gasteiger partial charge in [0.1, 0.15) is 0 Å². The van der Waals surface area contributed by atoms with Crippen molar-refractivity contribution in [2.75, 3.05) is 0 Å². The van der Waals surface area contributed by atoms with E-state index in [-0.39, 0.29) is 12.8 Å². The molecule has 5 heteroatoms. The number of alkyl halides is 2. The average Bonchev–Trinajstić information content (AvgIpc) is 2.47. The minimum Gasteiger partial charge on any atom is -0.320 e. The topological polar surface area (TPSA) is 38.9 Å². The molecule has 0 radical (unpaired) electrons. The lowest BCUT2D eigenvalue weighted by molar-refractivity contribution is -0.126. The highest BCUT2D eigenvalue weighted by Crippen LogP contribution is 2.49. The maximum absolute atomic E-state index is 12.8. The Morgan fingerprint density at radius 3 is 2.47 bits per heavy atom. The quantitative estimate of drug-likeness (QED) is 0.851. The number of thiazole rings is 1. The van der Waals surface area contributed by atoms with Gasteiger partial charge in [-0.3, -0.25) is 0 Å². The van der Waals surface area contributed by atoms with Crippen molar-refractivity contribution >= 4 is 11.3 Å². The number of halogens is 2. The summed E-state index contributed by atoms with van der Waals surface area (Å²) >= 11 is 1.50. The zero-order chi connectivity index (χ0) is 11.3. The van der Waals surface area contributed by atoms with E-state index in [9.17, 15) is 8.78 Å². The second-order valence-corrected chi connectivity index (χ2v) is 5.48.